The van der Waals surface area contributed by atoms with Gasteiger partial charge in [-0.05, 0) is 6.42 Å². The third-order valence-electron chi connectivity index (χ3n) is 1.50. The number of carbonyl (C=O) groups is 1. The van der Waals surface area contributed by atoms with E-state index in [1.807, 2.05) is 0 Å². The van der Waals surface area contributed by atoms with E-state index < -0.39 is 6.04 Å². The highest BCUT2D eigenvalue weighted by molar-refractivity contribution is 5.83. The van der Waals surface area contributed by atoms with Gasteiger partial charge in [0.15, 0.2) is 5.96 Å². The number of nitrogens with two attached hydrogens (primary N) is 3. The molecule has 0 rings (SSSR count). The van der Waals surface area contributed by atoms with Crippen molar-refractivity contribution in [2.24, 2.45) is 22.2 Å². The van der Waals surface area contributed by atoms with Crippen molar-refractivity contribution < 1.29 is 4.79 Å². The van der Waals surface area contributed by atoms with Crippen molar-refractivity contribution in [3.05, 3.63) is 0 Å². The van der Waals surface area contributed by atoms with Gasteiger partial charge in [0.25, 0.3) is 0 Å². The lowest BCUT2D eigenvalue weighted by Gasteiger charge is -2.06. The van der Waals surface area contributed by atoms with Gasteiger partial charge in [-0.25, -0.2) is 0 Å². The third-order valence-corrected chi connectivity index (χ3v) is 1.50. The quantitative estimate of drug-likeness (QED) is 0.363. The maximum atomic E-state index is 11.0. The number of nitrogens with zero attached hydrogens (tertiary/aromatic N) is 1. The van der Waals surface area contributed by atoms with Crippen LogP contribution in [0.5, 0.6) is 0 Å². The second-order valence-electron chi connectivity index (χ2n) is 2.52. The van der Waals surface area contributed by atoms with Crippen LogP contribution in [0, 0.1) is 0 Å². The summed E-state index contributed by atoms with van der Waals surface area (Å²) in [6, 6.07) is -0.432. The van der Waals surface area contributed by atoms with E-state index in [-0.39, 0.29) is 11.7 Å². The van der Waals surface area contributed by atoms with Crippen molar-refractivity contribution in [2.45, 2.75) is 25.8 Å². The maximum absolute atomic E-state index is 11.0. The number of guanidine groups is 1. The predicted molar refractivity (Wildman–Crippen MR) is 48.6 cm³/mol. The van der Waals surface area contributed by atoms with Crippen LogP contribution in [0.3, 0.4) is 0 Å². The summed E-state index contributed by atoms with van der Waals surface area (Å²) in [5, 5.41) is 0. The Bertz CT molecular complexity index is 174. The van der Waals surface area contributed by atoms with Crippen LogP contribution in [0.1, 0.15) is 19.8 Å². The molecule has 1 atom stereocenters. The molecule has 0 spiro atoms. The number of carbonyl (C=O) groups excluding carboxylic acids is 1. The van der Waals surface area contributed by atoms with Gasteiger partial charge in [-0.15, -0.1) is 0 Å². The van der Waals surface area contributed by atoms with Crippen molar-refractivity contribution in [3.8, 4) is 0 Å². The molecule has 0 aliphatic rings. The van der Waals surface area contributed by atoms with Crippen molar-refractivity contribution in [2.75, 3.05) is 6.54 Å². The zero-order valence-electron chi connectivity index (χ0n) is 7.29. The average molecular weight is 172 g/mol. The standard InChI is InChI=1S/C7H16N4O/c1-2-6(12)5(8)3-4-11-7(9)10/h5H,2-4,8H2,1H3,(H4,9,10,11)/t5-/m1/s1. The zero-order valence-corrected chi connectivity index (χ0v) is 7.29. The third kappa shape index (κ3) is 4.68. The van der Waals surface area contributed by atoms with Crippen LogP contribution in [0.25, 0.3) is 0 Å². The summed E-state index contributed by atoms with van der Waals surface area (Å²) < 4.78 is 0. The summed E-state index contributed by atoms with van der Waals surface area (Å²) in [7, 11) is 0. The minimum absolute atomic E-state index is 0.0335. The smallest absolute Gasteiger partial charge is 0.185 e. The van der Waals surface area contributed by atoms with E-state index in [0.717, 1.165) is 0 Å². The molecular formula is C7H16N4O. The molecule has 0 amide bonds. The first kappa shape index (κ1) is 10.9. The monoisotopic (exact) mass is 172 g/mol. The molecule has 0 aromatic rings. The van der Waals surface area contributed by atoms with Crippen LogP contribution >= 0.6 is 0 Å². The highest BCUT2D eigenvalue weighted by Gasteiger charge is 2.09. The van der Waals surface area contributed by atoms with E-state index in [9.17, 15) is 4.79 Å². The van der Waals surface area contributed by atoms with Crippen LogP contribution in [0.15, 0.2) is 4.99 Å². The van der Waals surface area contributed by atoms with Gasteiger partial charge in [0.1, 0.15) is 5.78 Å². The Balaban J connectivity index is 3.64. The molecular weight excluding hydrogens is 156 g/mol. The Morgan fingerprint density at radius 2 is 2.08 bits per heavy atom. The van der Waals surface area contributed by atoms with Gasteiger partial charge in [-0.3, -0.25) is 9.79 Å². The Morgan fingerprint density at radius 3 is 2.50 bits per heavy atom. The largest absolute Gasteiger partial charge is 0.370 e. The molecule has 0 bridgehead atoms. The van der Waals surface area contributed by atoms with Crippen LogP contribution in [-0.4, -0.2) is 24.3 Å². The minimum atomic E-state index is -0.432. The molecule has 0 fully saturated rings. The van der Waals surface area contributed by atoms with Gasteiger partial charge in [-0.2, -0.15) is 0 Å². The molecule has 0 heterocycles. The number of hydrogen-bond donors (Lipinski definition) is 3. The Labute approximate surface area is 72.0 Å². The van der Waals surface area contributed by atoms with E-state index in [1.165, 1.54) is 0 Å². The van der Waals surface area contributed by atoms with Crippen molar-refractivity contribution >= 4 is 11.7 Å². The Kier molecular flexibility index (Phi) is 5.03. The first-order chi connectivity index (χ1) is 5.57. The average Bonchev–Trinajstić information content (AvgIpc) is 2.02. The van der Waals surface area contributed by atoms with Crippen LogP contribution in [-0.2, 0) is 4.79 Å². The Hall–Kier alpha value is -1.10. The van der Waals surface area contributed by atoms with Crippen LogP contribution < -0.4 is 17.2 Å². The molecule has 0 radical (unpaired) electrons. The van der Waals surface area contributed by atoms with Gasteiger partial charge in [-0.1, -0.05) is 6.92 Å². The van der Waals surface area contributed by atoms with Gasteiger partial charge in [0, 0.05) is 13.0 Å². The molecule has 5 heteroatoms. The van der Waals surface area contributed by atoms with Crippen molar-refractivity contribution in [1.29, 1.82) is 0 Å². The molecule has 12 heavy (non-hydrogen) atoms. The van der Waals surface area contributed by atoms with E-state index in [1.54, 1.807) is 6.92 Å². The van der Waals surface area contributed by atoms with Gasteiger partial charge in [0.05, 0.1) is 6.04 Å². The highest BCUT2D eigenvalue weighted by Crippen LogP contribution is 1.93. The molecule has 0 aromatic heterocycles. The maximum Gasteiger partial charge on any atom is 0.185 e. The van der Waals surface area contributed by atoms with Gasteiger partial charge in [0.2, 0.25) is 0 Å². The molecule has 0 saturated carbocycles. The van der Waals surface area contributed by atoms with E-state index in [0.29, 0.717) is 19.4 Å². The lowest BCUT2D eigenvalue weighted by Crippen LogP contribution is -2.31. The fourth-order valence-corrected chi connectivity index (χ4v) is 0.756. The number of ketones is 1. The predicted octanol–water partition coefficient (Wildman–Crippen LogP) is -1.04. The molecule has 0 aromatic carbocycles. The van der Waals surface area contributed by atoms with Crippen LogP contribution in [0.4, 0.5) is 0 Å². The highest BCUT2D eigenvalue weighted by atomic mass is 16.1. The molecule has 6 N–H and O–H groups in total. The molecule has 0 saturated heterocycles. The number of rotatable bonds is 5. The first-order valence-corrected chi connectivity index (χ1v) is 3.91. The number of hydrogen-bond acceptors (Lipinski definition) is 3. The lowest BCUT2D eigenvalue weighted by atomic mass is 10.1. The van der Waals surface area contributed by atoms with Gasteiger partial charge < -0.3 is 17.2 Å². The Morgan fingerprint density at radius 1 is 1.50 bits per heavy atom. The summed E-state index contributed by atoms with van der Waals surface area (Å²) >= 11 is 0. The summed E-state index contributed by atoms with van der Waals surface area (Å²) in [6.45, 7) is 2.19. The fraction of sp³-hybridized carbons (Fsp3) is 0.714. The molecule has 0 aliphatic carbocycles. The normalized spacial score (nSPS) is 12.2. The summed E-state index contributed by atoms with van der Waals surface area (Å²) in [6.07, 6.45) is 0.966. The summed E-state index contributed by atoms with van der Waals surface area (Å²) in [5.74, 6) is 0.0759. The molecule has 0 unspecified atom stereocenters. The van der Waals surface area contributed by atoms with E-state index >= 15 is 0 Å². The number of aliphatic imine (C=N–C) groups is 1. The molecule has 70 valence electrons. The van der Waals surface area contributed by atoms with Crippen molar-refractivity contribution in [3.63, 3.8) is 0 Å². The van der Waals surface area contributed by atoms with E-state index in [4.69, 9.17) is 17.2 Å². The summed E-state index contributed by atoms with van der Waals surface area (Å²) in [5.41, 5.74) is 15.7. The lowest BCUT2D eigenvalue weighted by molar-refractivity contribution is -0.120. The SMILES string of the molecule is CCC(=O)[C@H](N)CCN=C(N)N. The second kappa shape index (κ2) is 5.54. The van der Waals surface area contributed by atoms with Gasteiger partial charge >= 0.3 is 0 Å². The topological polar surface area (TPSA) is 107 Å². The minimum Gasteiger partial charge on any atom is -0.370 e. The zero-order chi connectivity index (χ0) is 9.56. The van der Waals surface area contributed by atoms with Crippen molar-refractivity contribution in [1.82, 2.24) is 0 Å². The van der Waals surface area contributed by atoms with Crippen LogP contribution in [0.2, 0.25) is 0 Å². The molecule has 0 aliphatic heterocycles. The molecule has 5 nitrogen and oxygen atoms in total. The second-order valence-corrected chi connectivity index (χ2v) is 2.52. The summed E-state index contributed by atoms with van der Waals surface area (Å²) in [4.78, 5) is 14.7. The number of Topliss-reactive ketones (excluding diaryl/α,β-unsaturated/α-hetero) is 1. The van der Waals surface area contributed by atoms with E-state index in [2.05, 4.69) is 4.99 Å². The fourth-order valence-electron chi connectivity index (χ4n) is 0.756. The first-order valence-electron chi connectivity index (χ1n) is 3.91.